The number of ether oxygens (including phenoxy) is 1. The molecule has 3 atom stereocenters. The quantitative estimate of drug-likeness (QED) is 0.776. The molecule has 2 fully saturated rings. The van der Waals surface area contributed by atoms with Crippen molar-refractivity contribution in [3.05, 3.63) is 52.8 Å². The molecule has 2 aliphatic rings. The zero-order valence-corrected chi connectivity index (χ0v) is 17.8. The van der Waals surface area contributed by atoms with Crippen molar-refractivity contribution in [1.82, 2.24) is 20.4 Å². The lowest BCUT2D eigenvalue weighted by atomic mass is 9.94. The van der Waals surface area contributed by atoms with Crippen LogP contribution in [-0.4, -0.2) is 41.6 Å². The minimum absolute atomic E-state index is 0. The average molecular weight is 405 g/mol. The highest BCUT2D eigenvalue weighted by atomic mass is 35.5. The van der Waals surface area contributed by atoms with Crippen molar-refractivity contribution in [2.24, 2.45) is 5.92 Å². The fourth-order valence-electron chi connectivity index (χ4n) is 4.72. The molecule has 0 spiro atoms. The van der Waals surface area contributed by atoms with Crippen molar-refractivity contribution >= 4 is 12.4 Å². The van der Waals surface area contributed by atoms with E-state index in [1.807, 2.05) is 0 Å². The molecule has 0 radical (unpaired) electrons. The van der Waals surface area contributed by atoms with Crippen LogP contribution in [0, 0.1) is 19.8 Å². The zero-order chi connectivity index (χ0) is 18.6. The van der Waals surface area contributed by atoms with Crippen molar-refractivity contribution < 1.29 is 4.74 Å². The van der Waals surface area contributed by atoms with Gasteiger partial charge in [0.2, 0.25) is 0 Å². The number of morpholine rings is 1. The molecule has 6 heteroatoms. The smallest absolute Gasteiger partial charge is 0.0662 e. The maximum absolute atomic E-state index is 5.70. The third-order valence-corrected chi connectivity index (χ3v) is 6.28. The van der Waals surface area contributed by atoms with Crippen LogP contribution in [0.15, 0.2) is 30.3 Å². The van der Waals surface area contributed by atoms with Gasteiger partial charge in [-0.15, -0.1) is 12.4 Å². The molecule has 3 unspecified atom stereocenters. The van der Waals surface area contributed by atoms with Crippen LogP contribution in [0.25, 0.3) is 0 Å². The number of hydrogen-bond donors (Lipinski definition) is 2. The Balaban J connectivity index is 0.00000225. The Morgan fingerprint density at radius 2 is 2.04 bits per heavy atom. The number of rotatable bonds is 6. The van der Waals surface area contributed by atoms with Crippen molar-refractivity contribution in [3.8, 4) is 0 Å². The number of aryl methyl sites for hydroxylation is 1. The molecule has 0 amide bonds. The normalized spacial score (nSPS) is 24.9. The van der Waals surface area contributed by atoms with E-state index < -0.39 is 0 Å². The second-order valence-corrected chi connectivity index (χ2v) is 8.01. The Labute approximate surface area is 174 Å². The Bertz CT molecular complexity index is 742. The van der Waals surface area contributed by atoms with Crippen LogP contribution in [0.5, 0.6) is 0 Å². The van der Waals surface area contributed by atoms with E-state index in [-0.39, 0.29) is 12.4 Å². The van der Waals surface area contributed by atoms with Gasteiger partial charge in [-0.2, -0.15) is 5.10 Å². The van der Waals surface area contributed by atoms with E-state index >= 15 is 0 Å². The summed E-state index contributed by atoms with van der Waals surface area (Å²) in [6.07, 6.45) is 3.87. The molecule has 1 aromatic heterocycles. The second-order valence-electron chi connectivity index (χ2n) is 8.01. The summed E-state index contributed by atoms with van der Waals surface area (Å²) in [5, 5.41) is 12.3. The van der Waals surface area contributed by atoms with Crippen molar-refractivity contribution in [3.63, 3.8) is 0 Å². The number of nitrogens with zero attached hydrogens (tertiary/aromatic N) is 2. The Morgan fingerprint density at radius 1 is 1.21 bits per heavy atom. The molecule has 2 N–H and O–H groups in total. The number of nitrogens with one attached hydrogen (secondary N) is 2. The molecular weight excluding hydrogens is 372 g/mol. The first kappa shape index (κ1) is 21.3. The maximum Gasteiger partial charge on any atom is 0.0662 e. The fourth-order valence-corrected chi connectivity index (χ4v) is 4.72. The lowest BCUT2D eigenvalue weighted by Crippen LogP contribution is -2.50. The highest BCUT2D eigenvalue weighted by Crippen LogP contribution is 2.30. The summed E-state index contributed by atoms with van der Waals surface area (Å²) >= 11 is 0. The van der Waals surface area contributed by atoms with Gasteiger partial charge in [0.05, 0.1) is 25.5 Å². The summed E-state index contributed by atoms with van der Waals surface area (Å²) < 4.78 is 7.84. The van der Waals surface area contributed by atoms with Gasteiger partial charge in [-0.25, -0.2) is 0 Å². The minimum atomic E-state index is 0. The van der Waals surface area contributed by atoms with Crippen LogP contribution >= 0.6 is 12.4 Å². The zero-order valence-electron chi connectivity index (χ0n) is 17.0. The number of hydrogen-bond acceptors (Lipinski definition) is 4. The Morgan fingerprint density at radius 3 is 2.79 bits per heavy atom. The standard InChI is InChI=1S/C22H32N4O.ClH/c1-16-20(17(2)26(25-16)14-18-7-4-3-5-8-18)13-24-21-10-6-9-19(21)22-15-27-12-11-23-22;/h3-5,7-8,19,21-24H,6,9-15H2,1-2H3;1H. The molecule has 154 valence electrons. The summed E-state index contributed by atoms with van der Waals surface area (Å²) in [6, 6.07) is 11.6. The van der Waals surface area contributed by atoms with Crippen LogP contribution in [0.3, 0.4) is 0 Å². The Hall–Kier alpha value is -1.40. The van der Waals surface area contributed by atoms with Gasteiger partial charge in [0, 0.05) is 36.4 Å². The molecule has 1 aromatic carbocycles. The lowest BCUT2D eigenvalue weighted by molar-refractivity contribution is 0.0524. The average Bonchev–Trinajstić information content (AvgIpc) is 3.27. The molecule has 1 aliphatic carbocycles. The van der Waals surface area contributed by atoms with E-state index in [0.29, 0.717) is 18.0 Å². The van der Waals surface area contributed by atoms with Crippen LogP contribution < -0.4 is 10.6 Å². The highest BCUT2D eigenvalue weighted by molar-refractivity contribution is 5.85. The first-order valence-corrected chi connectivity index (χ1v) is 10.3. The predicted molar refractivity (Wildman–Crippen MR) is 115 cm³/mol. The van der Waals surface area contributed by atoms with Crippen molar-refractivity contribution in [2.45, 2.75) is 58.3 Å². The SMILES string of the molecule is Cc1nn(Cc2ccccc2)c(C)c1CNC1CCCC1C1COCCN1.Cl. The van der Waals surface area contributed by atoms with Gasteiger partial charge in [0.25, 0.3) is 0 Å². The van der Waals surface area contributed by atoms with Gasteiger partial charge in [-0.05, 0) is 38.2 Å². The molecule has 2 aromatic rings. The maximum atomic E-state index is 5.70. The van der Waals surface area contributed by atoms with E-state index in [9.17, 15) is 0 Å². The number of benzene rings is 1. The van der Waals surface area contributed by atoms with Gasteiger partial charge >= 0.3 is 0 Å². The second kappa shape index (κ2) is 9.88. The third kappa shape index (κ3) is 4.77. The molecule has 0 bridgehead atoms. The van der Waals surface area contributed by atoms with E-state index in [4.69, 9.17) is 9.84 Å². The van der Waals surface area contributed by atoms with Gasteiger partial charge in [-0.3, -0.25) is 4.68 Å². The first-order valence-electron chi connectivity index (χ1n) is 10.3. The monoisotopic (exact) mass is 404 g/mol. The molecule has 1 aliphatic heterocycles. The first-order chi connectivity index (χ1) is 13.2. The molecule has 1 saturated carbocycles. The summed E-state index contributed by atoms with van der Waals surface area (Å²) in [5.74, 6) is 0.672. The predicted octanol–water partition coefficient (Wildman–Crippen LogP) is 3.22. The number of halogens is 1. The molecule has 4 rings (SSSR count). The molecule has 5 nitrogen and oxygen atoms in total. The van der Waals surface area contributed by atoms with E-state index in [2.05, 4.69) is 59.5 Å². The summed E-state index contributed by atoms with van der Waals surface area (Å²) in [6.45, 7) is 8.76. The van der Waals surface area contributed by atoms with E-state index in [1.165, 1.54) is 36.1 Å². The van der Waals surface area contributed by atoms with Crippen LogP contribution in [0.1, 0.15) is 41.8 Å². The molecule has 1 saturated heterocycles. The summed E-state index contributed by atoms with van der Waals surface area (Å²) in [4.78, 5) is 0. The van der Waals surface area contributed by atoms with E-state index in [1.54, 1.807) is 0 Å². The van der Waals surface area contributed by atoms with Gasteiger partial charge in [-0.1, -0.05) is 36.8 Å². The highest BCUT2D eigenvalue weighted by Gasteiger charge is 2.34. The van der Waals surface area contributed by atoms with Crippen molar-refractivity contribution in [2.75, 3.05) is 19.8 Å². The lowest BCUT2D eigenvalue weighted by Gasteiger charge is -2.33. The van der Waals surface area contributed by atoms with Gasteiger partial charge in [0.1, 0.15) is 0 Å². The van der Waals surface area contributed by atoms with Crippen molar-refractivity contribution in [1.29, 1.82) is 0 Å². The van der Waals surface area contributed by atoms with Crippen LogP contribution in [0.4, 0.5) is 0 Å². The number of aromatic nitrogens is 2. The topological polar surface area (TPSA) is 51.1 Å². The van der Waals surface area contributed by atoms with Crippen LogP contribution in [0.2, 0.25) is 0 Å². The van der Waals surface area contributed by atoms with E-state index in [0.717, 1.165) is 38.5 Å². The minimum Gasteiger partial charge on any atom is -0.379 e. The fraction of sp³-hybridized carbons (Fsp3) is 0.591. The largest absolute Gasteiger partial charge is 0.379 e. The van der Waals surface area contributed by atoms with Crippen LogP contribution in [-0.2, 0) is 17.8 Å². The molecule has 2 heterocycles. The van der Waals surface area contributed by atoms with Gasteiger partial charge in [0.15, 0.2) is 0 Å². The molecular formula is C22H33ClN4O. The molecule has 28 heavy (non-hydrogen) atoms. The Kier molecular flexibility index (Phi) is 7.52. The summed E-state index contributed by atoms with van der Waals surface area (Å²) in [5.41, 5.74) is 5.06. The summed E-state index contributed by atoms with van der Waals surface area (Å²) in [7, 11) is 0. The van der Waals surface area contributed by atoms with Gasteiger partial charge < -0.3 is 15.4 Å². The third-order valence-electron chi connectivity index (χ3n) is 6.28.